The number of hydrogen-bond donors (Lipinski definition) is 2. The van der Waals surface area contributed by atoms with Crippen LogP contribution in [-0.4, -0.2) is 23.5 Å². The van der Waals surface area contributed by atoms with Crippen molar-refractivity contribution in [2.75, 3.05) is 6.54 Å². The number of carbonyl (C=O) groups excluding carboxylic acids is 1. The molecule has 0 aliphatic heterocycles. The average molecular weight is 275 g/mol. The molecule has 1 amide bonds. The number of hydrogen-bond acceptors (Lipinski definition) is 2. The molecule has 4 nitrogen and oxygen atoms in total. The molecule has 116 valence electrons. The molecule has 0 bridgehead atoms. The second kappa shape index (κ2) is 10.8. The number of amides is 1. The normalized spacial score (nSPS) is 10.4. The van der Waals surface area contributed by atoms with E-state index in [9.17, 15) is 9.59 Å². The predicted molar refractivity (Wildman–Crippen MR) is 81.2 cm³/mol. The van der Waals surface area contributed by atoms with Gasteiger partial charge in [-0.15, -0.1) is 0 Å². The molecule has 0 aromatic carbocycles. The summed E-state index contributed by atoms with van der Waals surface area (Å²) in [6.07, 6.45) is 0.714. The summed E-state index contributed by atoms with van der Waals surface area (Å²) in [5, 5.41) is 10.9. The molecule has 2 N–H and O–H groups in total. The van der Waals surface area contributed by atoms with Crippen LogP contribution < -0.4 is 5.32 Å². The van der Waals surface area contributed by atoms with E-state index in [4.69, 9.17) is 5.11 Å². The lowest BCUT2D eigenvalue weighted by molar-refractivity contribution is -0.140. The van der Waals surface area contributed by atoms with Gasteiger partial charge in [-0.2, -0.15) is 0 Å². The molecule has 0 aliphatic rings. The molecule has 0 spiro atoms. The highest BCUT2D eigenvalue weighted by Gasteiger charge is 2.32. The number of rotatable bonds is 4. The van der Waals surface area contributed by atoms with Crippen LogP contribution >= 0.6 is 0 Å². The zero-order valence-corrected chi connectivity index (χ0v) is 14.2. The molecule has 0 aromatic rings. The Morgan fingerprint density at radius 3 is 1.58 bits per heavy atom. The van der Waals surface area contributed by atoms with Crippen molar-refractivity contribution in [3.63, 3.8) is 0 Å². The maximum absolute atomic E-state index is 11.7. The van der Waals surface area contributed by atoms with Crippen molar-refractivity contribution in [2.45, 2.75) is 68.7 Å². The molecule has 0 saturated carbocycles. The number of carboxylic acid groups (broad SMARTS) is 1. The van der Waals surface area contributed by atoms with Gasteiger partial charge in [-0.05, 0) is 11.8 Å². The van der Waals surface area contributed by atoms with Crippen LogP contribution in [0.1, 0.15) is 68.7 Å². The van der Waals surface area contributed by atoms with E-state index >= 15 is 0 Å². The van der Waals surface area contributed by atoms with Crippen molar-refractivity contribution in [1.82, 2.24) is 5.32 Å². The summed E-state index contributed by atoms with van der Waals surface area (Å²) in [7, 11) is 0. The molecule has 4 heteroatoms. The van der Waals surface area contributed by atoms with Crippen molar-refractivity contribution >= 4 is 11.9 Å². The van der Waals surface area contributed by atoms with Crippen LogP contribution in [0.4, 0.5) is 0 Å². The minimum atomic E-state index is -1.02. The Balaban J connectivity index is -0.000000579. The van der Waals surface area contributed by atoms with Gasteiger partial charge in [-0.25, -0.2) is 0 Å². The number of carboxylic acids is 1. The lowest BCUT2D eigenvalue weighted by atomic mass is 9.76. The lowest BCUT2D eigenvalue weighted by Gasteiger charge is -2.30. The van der Waals surface area contributed by atoms with Crippen LogP contribution in [0.2, 0.25) is 0 Å². The zero-order chi connectivity index (χ0) is 16.3. The zero-order valence-electron chi connectivity index (χ0n) is 14.2. The van der Waals surface area contributed by atoms with Gasteiger partial charge >= 0.3 is 5.97 Å². The van der Waals surface area contributed by atoms with Gasteiger partial charge in [0.25, 0.3) is 0 Å². The smallest absolute Gasteiger partial charge is 0.322 e. The largest absolute Gasteiger partial charge is 0.480 e. The summed E-state index contributed by atoms with van der Waals surface area (Å²) in [6.45, 7) is 17.5. The van der Waals surface area contributed by atoms with Crippen LogP contribution in [0.15, 0.2) is 0 Å². The molecular weight excluding hydrogens is 242 g/mol. The summed E-state index contributed by atoms with van der Waals surface area (Å²) >= 11 is 0. The fourth-order valence-electron chi connectivity index (χ4n) is 1.80. The summed E-state index contributed by atoms with van der Waals surface area (Å²) in [5.74, 6) is -1.23. The number of aliphatic carboxylic acids is 1. The molecule has 19 heavy (non-hydrogen) atoms. The lowest BCUT2D eigenvalue weighted by Crippen LogP contribution is -2.41. The minimum Gasteiger partial charge on any atom is -0.480 e. The van der Waals surface area contributed by atoms with E-state index in [-0.39, 0.29) is 17.9 Å². The Labute approximate surface area is 119 Å². The van der Waals surface area contributed by atoms with E-state index in [1.165, 1.54) is 0 Å². The Hall–Kier alpha value is -1.06. The van der Waals surface area contributed by atoms with Crippen LogP contribution in [0, 0.1) is 10.8 Å². The van der Waals surface area contributed by atoms with E-state index in [2.05, 4.69) is 26.1 Å². The average Bonchev–Trinajstić information content (AvgIpc) is 2.28. The van der Waals surface area contributed by atoms with Crippen molar-refractivity contribution < 1.29 is 14.7 Å². The Kier molecular flexibility index (Phi) is 13.1. The van der Waals surface area contributed by atoms with Gasteiger partial charge in [0.2, 0.25) is 5.91 Å². The van der Waals surface area contributed by atoms with Crippen molar-refractivity contribution in [3.05, 3.63) is 0 Å². The maximum Gasteiger partial charge on any atom is 0.322 e. The highest BCUT2D eigenvalue weighted by molar-refractivity contribution is 5.85. The quantitative estimate of drug-likeness (QED) is 0.822. The molecular formula is C15H33NO3. The van der Waals surface area contributed by atoms with E-state index in [0.29, 0.717) is 6.42 Å². The first-order chi connectivity index (χ1) is 8.54. The van der Waals surface area contributed by atoms with Crippen molar-refractivity contribution in [2.24, 2.45) is 10.8 Å². The van der Waals surface area contributed by atoms with E-state index < -0.39 is 11.4 Å². The standard InChI is InChI=1S/C11H21NO3.2C2H6/c1-10(2,3)7-11(4,5)9(15)12-6-8(13)14;2*1-2/h6-7H2,1-5H3,(H,12,15)(H,13,14);2*1-2H3. The van der Waals surface area contributed by atoms with Gasteiger partial charge in [-0.1, -0.05) is 62.3 Å². The topological polar surface area (TPSA) is 66.4 Å². The summed E-state index contributed by atoms with van der Waals surface area (Å²) in [5.41, 5.74) is -0.488. The Bertz CT molecular complexity index is 253. The highest BCUT2D eigenvalue weighted by Crippen LogP contribution is 2.33. The molecule has 0 rings (SSSR count). The first-order valence-electron chi connectivity index (χ1n) is 7.05. The third-order valence-electron chi connectivity index (χ3n) is 1.99. The third kappa shape index (κ3) is 14.9. The fraction of sp³-hybridized carbons (Fsp3) is 0.867. The third-order valence-corrected chi connectivity index (χ3v) is 1.99. The molecule has 0 atom stereocenters. The number of nitrogens with one attached hydrogen (secondary N) is 1. The Morgan fingerprint density at radius 2 is 1.32 bits per heavy atom. The Morgan fingerprint density at radius 1 is 0.947 bits per heavy atom. The molecule has 0 fully saturated rings. The first-order valence-corrected chi connectivity index (χ1v) is 7.05. The van der Waals surface area contributed by atoms with Crippen molar-refractivity contribution in [1.29, 1.82) is 0 Å². The van der Waals surface area contributed by atoms with Gasteiger partial charge < -0.3 is 10.4 Å². The second-order valence-corrected chi connectivity index (χ2v) is 5.70. The van der Waals surface area contributed by atoms with Gasteiger partial charge in [0.15, 0.2) is 0 Å². The highest BCUT2D eigenvalue weighted by atomic mass is 16.4. The van der Waals surface area contributed by atoms with Crippen LogP contribution in [0.25, 0.3) is 0 Å². The fourth-order valence-corrected chi connectivity index (χ4v) is 1.80. The minimum absolute atomic E-state index is 0.0457. The van der Waals surface area contributed by atoms with Gasteiger partial charge in [0.1, 0.15) is 6.54 Å². The van der Waals surface area contributed by atoms with Gasteiger partial charge in [-0.3, -0.25) is 9.59 Å². The molecule has 0 aromatic heterocycles. The van der Waals surface area contributed by atoms with Gasteiger partial charge in [0.05, 0.1) is 0 Å². The summed E-state index contributed by atoms with van der Waals surface area (Å²) < 4.78 is 0. The summed E-state index contributed by atoms with van der Waals surface area (Å²) in [4.78, 5) is 22.0. The summed E-state index contributed by atoms with van der Waals surface area (Å²) in [6, 6.07) is 0. The van der Waals surface area contributed by atoms with Crippen LogP contribution in [0.5, 0.6) is 0 Å². The van der Waals surface area contributed by atoms with Crippen LogP contribution in [-0.2, 0) is 9.59 Å². The number of carbonyl (C=O) groups is 2. The molecule has 0 unspecified atom stereocenters. The van der Waals surface area contributed by atoms with E-state index in [1.807, 2.05) is 41.5 Å². The van der Waals surface area contributed by atoms with E-state index in [1.54, 1.807) is 0 Å². The van der Waals surface area contributed by atoms with Crippen LogP contribution in [0.3, 0.4) is 0 Å². The first kappa shape index (κ1) is 23.1. The monoisotopic (exact) mass is 275 g/mol. The molecule has 0 radical (unpaired) electrons. The maximum atomic E-state index is 11.7. The molecule has 0 saturated heterocycles. The SMILES string of the molecule is CC.CC.CC(C)(C)CC(C)(C)C(=O)NCC(=O)O. The second-order valence-electron chi connectivity index (χ2n) is 5.70. The predicted octanol–water partition coefficient (Wildman–Crippen LogP) is 3.70. The van der Waals surface area contributed by atoms with Crippen molar-refractivity contribution in [3.8, 4) is 0 Å². The molecule has 0 aliphatic carbocycles. The van der Waals surface area contributed by atoms with E-state index in [0.717, 1.165) is 0 Å². The molecule has 0 heterocycles. The van der Waals surface area contributed by atoms with Gasteiger partial charge in [0, 0.05) is 5.41 Å².